The molecule has 0 fully saturated rings. The van der Waals surface area contributed by atoms with Gasteiger partial charge in [-0.1, -0.05) is 49.7 Å². The number of hydrogen-bond donors (Lipinski definition) is 0. The molecule has 0 bridgehead atoms. The van der Waals surface area contributed by atoms with Crippen LogP contribution < -0.4 is 14.9 Å². The molecule has 35 heavy (non-hydrogen) atoms. The summed E-state index contributed by atoms with van der Waals surface area (Å²) >= 11 is 0. The molecule has 178 valence electrons. The van der Waals surface area contributed by atoms with Crippen molar-refractivity contribution in [1.29, 1.82) is 0 Å². The number of hydrogen-bond acceptors (Lipinski definition) is 5. The molecule has 1 aliphatic rings. The first-order chi connectivity index (χ1) is 17.1. The highest BCUT2D eigenvalue weighted by Crippen LogP contribution is 2.39. The van der Waals surface area contributed by atoms with E-state index in [0.717, 1.165) is 35.5 Å². The molecule has 0 N–H and O–H groups in total. The molecule has 1 atom stereocenters. The van der Waals surface area contributed by atoms with Gasteiger partial charge in [0.1, 0.15) is 17.1 Å². The summed E-state index contributed by atoms with van der Waals surface area (Å²) in [5, 5.41) is 0.467. The summed E-state index contributed by atoms with van der Waals surface area (Å²) < 4.78 is 17.1. The zero-order chi connectivity index (χ0) is 24.4. The van der Waals surface area contributed by atoms with E-state index in [0.29, 0.717) is 29.7 Å². The predicted octanol–water partition coefficient (Wildman–Crippen LogP) is 5.73. The number of benzene rings is 3. The van der Waals surface area contributed by atoms with Gasteiger partial charge < -0.3 is 18.8 Å². The Balaban J connectivity index is 1.58. The van der Waals surface area contributed by atoms with Crippen molar-refractivity contribution in [1.82, 2.24) is 4.90 Å². The van der Waals surface area contributed by atoms with Crippen molar-refractivity contribution in [3.8, 4) is 11.5 Å². The molecule has 0 aliphatic carbocycles. The van der Waals surface area contributed by atoms with Gasteiger partial charge in [-0.15, -0.1) is 0 Å². The van der Waals surface area contributed by atoms with Crippen LogP contribution in [-0.2, 0) is 6.54 Å². The fourth-order valence-electron chi connectivity index (χ4n) is 4.49. The van der Waals surface area contributed by atoms with Crippen molar-refractivity contribution in [3.05, 3.63) is 105 Å². The second kappa shape index (κ2) is 9.66. The predicted molar refractivity (Wildman–Crippen MR) is 134 cm³/mol. The third-order valence-corrected chi connectivity index (χ3v) is 6.35. The Bertz CT molecular complexity index is 1410. The summed E-state index contributed by atoms with van der Waals surface area (Å²) in [5.41, 5.74) is 2.36. The number of carbonyl (C=O) groups is 1. The van der Waals surface area contributed by atoms with Crippen LogP contribution in [0, 0.1) is 0 Å². The number of ether oxygens (including phenoxy) is 2. The summed E-state index contributed by atoms with van der Waals surface area (Å²) in [6, 6.07) is 21.7. The highest BCUT2D eigenvalue weighted by molar-refractivity contribution is 5.99. The third kappa shape index (κ3) is 4.28. The Kier molecular flexibility index (Phi) is 6.27. The van der Waals surface area contributed by atoms with E-state index in [1.807, 2.05) is 48.5 Å². The Morgan fingerprint density at radius 3 is 2.34 bits per heavy atom. The first kappa shape index (κ1) is 22.7. The van der Waals surface area contributed by atoms with Gasteiger partial charge in [0.15, 0.2) is 5.43 Å². The molecule has 5 rings (SSSR count). The van der Waals surface area contributed by atoms with Gasteiger partial charge in [-0.05, 0) is 53.9 Å². The fourth-order valence-corrected chi connectivity index (χ4v) is 4.49. The van der Waals surface area contributed by atoms with E-state index in [-0.39, 0.29) is 17.1 Å². The second-order valence-electron chi connectivity index (χ2n) is 8.62. The number of rotatable bonds is 8. The summed E-state index contributed by atoms with van der Waals surface area (Å²) in [7, 11) is 1.61. The molecule has 1 unspecified atom stereocenters. The maximum absolute atomic E-state index is 13.6. The molecule has 3 aromatic carbocycles. The molecule has 2 heterocycles. The summed E-state index contributed by atoms with van der Waals surface area (Å²) in [5.74, 6) is 1.31. The molecular formula is C29H27NO5. The smallest absolute Gasteiger partial charge is 0.291 e. The van der Waals surface area contributed by atoms with Gasteiger partial charge in [0.25, 0.3) is 5.91 Å². The van der Waals surface area contributed by atoms with Crippen LogP contribution in [0.1, 0.15) is 53.1 Å². The molecular weight excluding hydrogens is 442 g/mol. The Morgan fingerprint density at radius 2 is 1.63 bits per heavy atom. The van der Waals surface area contributed by atoms with E-state index >= 15 is 0 Å². The minimum absolute atomic E-state index is 0.107. The van der Waals surface area contributed by atoms with Gasteiger partial charge in [-0.2, -0.15) is 0 Å². The van der Waals surface area contributed by atoms with Gasteiger partial charge in [0, 0.05) is 6.54 Å². The molecule has 1 amide bonds. The summed E-state index contributed by atoms with van der Waals surface area (Å²) in [6.45, 7) is 3.09. The lowest BCUT2D eigenvalue weighted by Gasteiger charge is -2.25. The Hall–Kier alpha value is -4.06. The molecule has 4 aromatic rings. The van der Waals surface area contributed by atoms with Crippen LogP contribution in [0.5, 0.6) is 11.5 Å². The molecule has 0 saturated heterocycles. The first-order valence-electron chi connectivity index (χ1n) is 11.8. The second-order valence-corrected chi connectivity index (χ2v) is 8.62. The van der Waals surface area contributed by atoms with Crippen LogP contribution >= 0.6 is 0 Å². The zero-order valence-electron chi connectivity index (χ0n) is 19.8. The lowest BCUT2D eigenvalue weighted by Crippen LogP contribution is -2.29. The van der Waals surface area contributed by atoms with Gasteiger partial charge in [-0.3, -0.25) is 9.59 Å². The van der Waals surface area contributed by atoms with Crippen LogP contribution in [0.4, 0.5) is 0 Å². The number of fused-ring (bicyclic) bond motifs is 2. The summed E-state index contributed by atoms with van der Waals surface area (Å²) in [4.78, 5) is 28.9. The number of carbonyl (C=O) groups excluding carboxylic acids is 1. The fraction of sp³-hybridized carbons (Fsp3) is 0.241. The lowest BCUT2D eigenvalue weighted by molar-refractivity contribution is 0.0714. The number of para-hydroxylation sites is 1. The van der Waals surface area contributed by atoms with E-state index in [1.54, 1.807) is 36.3 Å². The molecule has 1 aromatic heterocycles. The maximum atomic E-state index is 13.6. The number of amides is 1. The van der Waals surface area contributed by atoms with E-state index in [1.165, 1.54) is 0 Å². The molecule has 1 aliphatic heterocycles. The molecule has 0 radical (unpaired) electrons. The highest BCUT2D eigenvalue weighted by Gasteiger charge is 2.42. The average Bonchev–Trinajstić information content (AvgIpc) is 3.17. The van der Waals surface area contributed by atoms with Crippen LogP contribution in [0.3, 0.4) is 0 Å². The summed E-state index contributed by atoms with van der Waals surface area (Å²) in [6.07, 6.45) is 2.04. The van der Waals surface area contributed by atoms with Gasteiger partial charge in [0.2, 0.25) is 5.76 Å². The SMILES string of the molecule is CCCCOc1ccc(C2c3c(oc4ccccc4c3=O)C(=O)N2Cc2ccc(OC)cc2)cc1. The van der Waals surface area contributed by atoms with E-state index in [2.05, 4.69) is 6.92 Å². The Morgan fingerprint density at radius 1 is 0.914 bits per heavy atom. The quantitative estimate of drug-likeness (QED) is 0.309. The molecule has 0 saturated carbocycles. The first-order valence-corrected chi connectivity index (χ1v) is 11.8. The van der Waals surface area contributed by atoms with Crippen LogP contribution in [-0.4, -0.2) is 24.5 Å². The van der Waals surface area contributed by atoms with Crippen LogP contribution in [0.2, 0.25) is 0 Å². The van der Waals surface area contributed by atoms with E-state index in [9.17, 15) is 9.59 Å². The topological polar surface area (TPSA) is 69.0 Å². The van der Waals surface area contributed by atoms with Crippen LogP contribution in [0.25, 0.3) is 11.0 Å². The minimum atomic E-state index is -0.565. The van der Waals surface area contributed by atoms with Crippen molar-refractivity contribution >= 4 is 16.9 Å². The molecule has 0 spiro atoms. The molecule has 6 nitrogen and oxygen atoms in total. The number of methoxy groups -OCH3 is 1. The van der Waals surface area contributed by atoms with Gasteiger partial charge in [0.05, 0.1) is 30.7 Å². The maximum Gasteiger partial charge on any atom is 0.291 e. The van der Waals surface area contributed by atoms with Crippen molar-refractivity contribution in [2.45, 2.75) is 32.4 Å². The number of unbranched alkanes of at least 4 members (excludes halogenated alkanes) is 1. The van der Waals surface area contributed by atoms with Crippen molar-refractivity contribution in [2.75, 3.05) is 13.7 Å². The molecule has 6 heteroatoms. The largest absolute Gasteiger partial charge is 0.497 e. The van der Waals surface area contributed by atoms with Crippen molar-refractivity contribution < 1.29 is 18.7 Å². The monoisotopic (exact) mass is 469 g/mol. The highest BCUT2D eigenvalue weighted by atomic mass is 16.5. The number of nitrogens with zero attached hydrogens (tertiary/aromatic N) is 1. The zero-order valence-corrected chi connectivity index (χ0v) is 19.8. The Labute approximate surface area is 203 Å². The van der Waals surface area contributed by atoms with Crippen LogP contribution in [0.15, 0.2) is 82.0 Å². The van der Waals surface area contributed by atoms with E-state index in [4.69, 9.17) is 13.9 Å². The average molecular weight is 470 g/mol. The third-order valence-electron chi connectivity index (χ3n) is 6.35. The van der Waals surface area contributed by atoms with Gasteiger partial charge in [-0.25, -0.2) is 0 Å². The van der Waals surface area contributed by atoms with Crippen molar-refractivity contribution in [2.24, 2.45) is 0 Å². The normalized spacial score (nSPS) is 14.9. The minimum Gasteiger partial charge on any atom is -0.497 e. The standard InChI is InChI=1S/C29H27NO5/c1-3-4-17-34-22-15-11-20(12-16-22)26-25-27(31)23-7-5-6-8-24(23)35-28(25)29(32)30(26)18-19-9-13-21(33-2)14-10-19/h5-16,26H,3-4,17-18H2,1-2H3. The lowest BCUT2D eigenvalue weighted by atomic mass is 9.98. The van der Waals surface area contributed by atoms with Gasteiger partial charge >= 0.3 is 0 Å². The van der Waals surface area contributed by atoms with Crippen molar-refractivity contribution in [3.63, 3.8) is 0 Å². The van der Waals surface area contributed by atoms with E-state index < -0.39 is 6.04 Å².